The molecular weight excluding hydrogens is 459 g/mol. The number of aromatic nitrogens is 1. The van der Waals surface area contributed by atoms with Crippen LogP contribution in [-0.2, 0) is 32.1 Å². The van der Waals surface area contributed by atoms with Gasteiger partial charge in [-0.05, 0) is 30.5 Å². The number of carbonyl (C=O) groups is 3. The summed E-state index contributed by atoms with van der Waals surface area (Å²) in [6.45, 7) is 0.946. The molecule has 8 nitrogen and oxygen atoms in total. The van der Waals surface area contributed by atoms with E-state index in [9.17, 15) is 18.8 Å². The molecule has 1 saturated carbocycles. The first kappa shape index (κ1) is 25.8. The maximum atomic E-state index is 13.0. The Morgan fingerprint density at radius 1 is 1.15 bits per heavy atom. The average Bonchev–Trinajstić information content (AvgIpc) is 3.27. The van der Waals surface area contributed by atoms with E-state index in [1.165, 1.54) is 23.5 Å². The second-order valence-corrected chi connectivity index (χ2v) is 9.22. The van der Waals surface area contributed by atoms with Gasteiger partial charge in [-0.15, -0.1) is 11.3 Å². The maximum Gasteiger partial charge on any atom is 0.245 e. The van der Waals surface area contributed by atoms with Gasteiger partial charge in [0.15, 0.2) is 5.13 Å². The van der Waals surface area contributed by atoms with E-state index in [0.717, 1.165) is 37.7 Å². The molecule has 0 unspecified atom stereocenters. The normalized spacial score (nSPS) is 13.9. The van der Waals surface area contributed by atoms with Gasteiger partial charge in [0.25, 0.3) is 0 Å². The van der Waals surface area contributed by atoms with Crippen molar-refractivity contribution >= 4 is 34.2 Å². The van der Waals surface area contributed by atoms with Crippen molar-refractivity contribution in [2.24, 2.45) is 5.92 Å². The predicted octanol–water partition coefficient (Wildman–Crippen LogP) is 3.13. The molecule has 10 heteroatoms. The van der Waals surface area contributed by atoms with Gasteiger partial charge in [-0.25, -0.2) is 9.37 Å². The van der Waals surface area contributed by atoms with Gasteiger partial charge in [0.1, 0.15) is 12.4 Å². The highest BCUT2D eigenvalue weighted by atomic mass is 32.1. The second-order valence-electron chi connectivity index (χ2n) is 8.36. The quantitative estimate of drug-likeness (QED) is 0.504. The molecule has 3 amide bonds. The minimum atomic E-state index is -0.332. The topological polar surface area (TPSA) is 101 Å². The van der Waals surface area contributed by atoms with Crippen LogP contribution in [0.4, 0.5) is 9.52 Å². The van der Waals surface area contributed by atoms with Crippen molar-refractivity contribution in [2.75, 3.05) is 32.1 Å². The third-order valence-electron chi connectivity index (χ3n) is 5.71. The molecule has 2 N–H and O–H groups in total. The van der Waals surface area contributed by atoms with Gasteiger partial charge in [-0.2, -0.15) is 0 Å². The molecule has 0 aliphatic heterocycles. The smallest absolute Gasteiger partial charge is 0.245 e. The summed E-state index contributed by atoms with van der Waals surface area (Å²) in [5.41, 5.74) is 1.33. The molecule has 0 spiro atoms. The lowest BCUT2D eigenvalue weighted by Crippen LogP contribution is -2.43. The number of methoxy groups -OCH3 is 1. The molecule has 0 atom stereocenters. The fourth-order valence-electron chi connectivity index (χ4n) is 3.88. The molecule has 1 heterocycles. The third-order valence-corrected chi connectivity index (χ3v) is 6.52. The maximum absolute atomic E-state index is 13.0. The molecule has 3 rings (SSSR count). The zero-order valence-corrected chi connectivity index (χ0v) is 20.2. The Kier molecular flexibility index (Phi) is 9.96. The average molecular weight is 491 g/mol. The van der Waals surface area contributed by atoms with Crippen molar-refractivity contribution in [3.05, 3.63) is 46.7 Å². The van der Waals surface area contributed by atoms with Gasteiger partial charge in [-0.3, -0.25) is 14.4 Å². The summed E-state index contributed by atoms with van der Waals surface area (Å²) in [5.74, 6) is -0.909. The number of ether oxygens (including phenoxy) is 1. The number of amides is 3. The van der Waals surface area contributed by atoms with Crippen molar-refractivity contribution in [3.8, 4) is 0 Å². The standard InChI is InChI=1S/C24H31FN4O4S/c1-33-12-11-29(23(32)18-5-3-2-4-6-18)15-22(31)28-24-27-20(16-34-24)13-21(30)26-14-17-7-9-19(25)10-8-17/h7-10,16,18H,2-6,11-15H2,1H3,(H,26,30)(H,27,28,31). The van der Waals surface area contributed by atoms with Gasteiger partial charge in [-0.1, -0.05) is 31.4 Å². The number of nitrogens with one attached hydrogen (secondary N) is 2. The van der Waals surface area contributed by atoms with Crippen molar-refractivity contribution in [2.45, 2.75) is 45.1 Å². The Labute approximate surface area is 202 Å². The highest BCUT2D eigenvalue weighted by Gasteiger charge is 2.27. The predicted molar refractivity (Wildman–Crippen MR) is 128 cm³/mol. The van der Waals surface area contributed by atoms with Gasteiger partial charge >= 0.3 is 0 Å². The number of benzene rings is 1. The molecule has 1 aromatic carbocycles. The van der Waals surface area contributed by atoms with E-state index in [-0.39, 0.29) is 42.4 Å². The van der Waals surface area contributed by atoms with Gasteiger partial charge in [0.05, 0.1) is 18.7 Å². The van der Waals surface area contributed by atoms with Crippen molar-refractivity contribution in [1.82, 2.24) is 15.2 Å². The first-order valence-corrected chi connectivity index (χ1v) is 12.4. The van der Waals surface area contributed by atoms with Crippen molar-refractivity contribution < 1.29 is 23.5 Å². The van der Waals surface area contributed by atoms with Crippen LogP contribution in [0.25, 0.3) is 0 Å². The van der Waals surface area contributed by atoms with Gasteiger partial charge < -0.3 is 20.3 Å². The third kappa shape index (κ3) is 8.18. The van der Waals surface area contributed by atoms with E-state index in [0.29, 0.717) is 30.5 Å². The van der Waals surface area contributed by atoms with E-state index in [4.69, 9.17) is 4.74 Å². The largest absolute Gasteiger partial charge is 0.383 e. The number of thiazole rings is 1. The number of hydrogen-bond donors (Lipinski definition) is 2. The second kappa shape index (κ2) is 13.1. The first-order chi connectivity index (χ1) is 16.4. The van der Waals surface area contributed by atoms with Crippen LogP contribution in [0.2, 0.25) is 0 Å². The summed E-state index contributed by atoms with van der Waals surface area (Å²) in [6.07, 6.45) is 5.03. The molecule has 1 aliphatic carbocycles. The lowest BCUT2D eigenvalue weighted by Gasteiger charge is -2.28. The van der Waals surface area contributed by atoms with Crippen LogP contribution >= 0.6 is 11.3 Å². The number of hydrogen-bond acceptors (Lipinski definition) is 6. The monoisotopic (exact) mass is 490 g/mol. The van der Waals surface area contributed by atoms with Gasteiger partial charge in [0.2, 0.25) is 17.7 Å². The summed E-state index contributed by atoms with van der Waals surface area (Å²) >= 11 is 1.22. The molecule has 0 radical (unpaired) electrons. The van der Waals surface area contributed by atoms with Crippen molar-refractivity contribution in [1.29, 1.82) is 0 Å². The summed E-state index contributed by atoms with van der Waals surface area (Å²) in [6, 6.07) is 5.91. The van der Waals surface area contributed by atoms with Crippen LogP contribution in [0.15, 0.2) is 29.6 Å². The van der Waals surface area contributed by atoms with E-state index >= 15 is 0 Å². The molecule has 1 fully saturated rings. The van der Waals surface area contributed by atoms with Gasteiger partial charge in [0, 0.05) is 31.5 Å². The molecule has 34 heavy (non-hydrogen) atoms. The Bertz CT molecular complexity index is 960. The molecule has 184 valence electrons. The highest BCUT2D eigenvalue weighted by Crippen LogP contribution is 2.25. The minimum absolute atomic E-state index is 0.00422. The van der Waals surface area contributed by atoms with E-state index in [1.807, 2.05) is 0 Å². The fourth-order valence-corrected chi connectivity index (χ4v) is 4.61. The summed E-state index contributed by atoms with van der Waals surface area (Å²) in [7, 11) is 1.57. The Morgan fingerprint density at radius 3 is 2.59 bits per heavy atom. The van der Waals surface area contributed by atoms with Crippen molar-refractivity contribution in [3.63, 3.8) is 0 Å². The Hall–Kier alpha value is -2.85. The zero-order valence-electron chi connectivity index (χ0n) is 19.3. The van der Waals surface area contributed by atoms with Crippen LogP contribution in [0.1, 0.15) is 43.4 Å². The van der Waals surface area contributed by atoms with Crippen LogP contribution in [0, 0.1) is 11.7 Å². The SMILES string of the molecule is COCCN(CC(=O)Nc1nc(CC(=O)NCc2ccc(F)cc2)cs1)C(=O)C1CCCCC1. The Morgan fingerprint density at radius 2 is 1.88 bits per heavy atom. The number of halogens is 1. The summed E-state index contributed by atoms with van der Waals surface area (Å²) in [4.78, 5) is 43.6. The van der Waals surface area contributed by atoms with E-state index in [2.05, 4.69) is 15.6 Å². The molecule has 1 aliphatic rings. The summed E-state index contributed by atoms with van der Waals surface area (Å²) < 4.78 is 18.1. The summed E-state index contributed by atoms with van der Waals surface area (Å²) in [5, 5.41) is 7.59. The van der Waals surface area contributed by atoms with Crippen LogP contribution in [-0.4, -0.2) is 54.4 Å². The highest BCUT2D eigenvalue weighted by molar-refractivity contribution is 7.13. The molecule has 0 saturated heterocycles. The number of carbonyl (C=O) groups excluding carboxylic acids is 3. The van der Waals surface area contributed by atoms with Crippen LogP contribution in [0.3, 0.4) is 0 Å². The zero-order chi connectivity index (χ0) is 24.3. The lowest BCUT2D eigenvalue weighted by atomic mass is 9.88. The van der Waals surface area contributed by atoms with Crippen LogP contribution < -0.4 is 10.6 Å². The van der Waals surface area contributed by atoms with E-state index < -0.39 is 0 Å². The first-order valence-electron chi connectivity index (χ1n) is 11.5. The lowest BCUT2D eigenvalue weighted by molar-refractivity contribution is -0.139. The Balaban J connectivity index is 1.48. The molecule has 2 aromatic rings. The molecule has 1 aromatic heterocycles. The number of rotatable bonds is 11. The van der Waals surface area contributed by atoms with Crippen LogP contribution in [0.5, 0.6) is 0 Å². The number of anilines is 1. The number of nitrogens with zero attached hydrogens (tertiary/aromatic N) is 2. The minimum Gasteiger partial charge on any atom is -0.383 e. The molecule has 0 bridgehead atoms. The van der Waals surface area contributed by atoms with E-state index in [1.54, 1.807) is 29.5 Å². The molecular formula is C24H31FN4O4S. The fraction of sp³-hybridized carbons (Fsp3) is 0.500.